The number of hydrogen-bond acceptors (Lipinski definition) is 4. The van der Waals surface area contributed by atoms with Crippen LogP contribution in [0.15, 0.2) is 0 Å². The molecule has 2 amide bonds. The molecule has 1 fully saturated rings. The number of carbonyl (C=O) groups excluding carboxylic acids is 1. The molecule has 122 valence electrons. The largest absolute Gasteiger partial charge is 0.480 e. The summed E-state index contributed by atoms with van der Waals surface area (Å²) in [6.45, 7) is 5.13. The predicted molar refractivity (Wildman–Crippen MR) is 77.3 cm³/mol. The van der Waals surface area contributed by atoms with E-state index in [1.165, 1.54) is 12.0 Å². The van der Waals surface area contributed by atoms with E-state index in [0.717, 1.165) is 6.42 Å². The van der Waals surface area contributed by atoms with E-state index in [2.05, 4.69) is 0 Å². The lowest BCUT2D eigenvalue weighted by Crippen LogP contribution is -2.51. The Morgan fingerprint density at radius 2 is 2.10 bits per heavy atom. The van der Waals surface area contributed by atoms with Crippen LogP contribution in [0, 0.1) is 0 Å². The van der Waals surface area contributed by atoms with Crippen LogP contribution in [-0.2, 0) is 14.3 Å². The van der Waals surface area contributed by atoms with E-state index in [4.69, 9.17) is 9.47 Å². The molecule has 1 rings (SSSR count). The molecule has 0 aromatic rings. The van der Waals surface area contributed by atoms with Crippen LogP contribution in [0.2, 0.25) is 0 Å². The molecule has 7 heteroatoms. The zero-order valence-corrected chi connectivity index (χ0v) is 13.2. The number of likely N-dealkylation sites (tertiary alicyclic amines) is 1. The monoisotopic (exact) mass is 302 g/mol. The Balaban J connectivity index is 2.87. The first-order valence-electron chi connectivity index (χ1n) is 7.27. The third kappa shape index (κ3) is 4.31. The van der Waals surface area contributed by atoms with Gasteiger partial charge in [-0.2, -0.15) is 0 Å². The summed E-state index contributed by atoms with van der Waals surface area (Å²) in [6.07, 6.45) is 0.904. The van der Waals surface area contributed by atoms with Gasteiger partial charge in [0.05, 0.1) is 12.7 Å². The molecule has 1 N–H and O–H groups in total. The van der Waals surface area contributed by atoms with Gasteiger partial charge < -0.3 is 24.4 Å². The number of methoxy groups -OCH3 is 2. The second-order valence-corrected chi connectivity index (χ2v) is 5.33. The number of carboxylic acid groups (broad SMARTS) is 1. The van der Waals surface area contributed by atoms with Crippen molar-refractivity contribution in [3.05, 3.63) is 0 Å². The summed E-state index contributed by atoms with van der Waals surface area (Å²) in [5.41, 5.74) is 0. The van der Waals surface area contributed by atoms with E-state index in [9.17, 15) is 14.7 Å². The molecule has 21 heavy (non-hydrogen) atoms. The van der Waals surface area contributed by atoms with Gasteiger partial charge in [-0.05, 0) is 13.3 Å². The van der Waals surface area contributed by atoms with Crippen LogP contribution in [0.5, 0.6) is 0 Å². The summed E-state index contributed by atoms with van der Waals surface area (Å²) in [7, 11) is 3.12. The van der Waals surface area contributed by atoms with Crippen LogP contribution in [0.1, 0.15) is 26.7 Å². The fraction of sp³-hybridized carbons (Fsp3) is 0.857. The predicted octanol–water partition coefficient (Wildman–Crippen LogP) is 1.03. The van der Waals surface area contributed by atoms with E-state index < -0.39 is 12.0 Å². The Hall–Kier alpha value is -1.34. The number of carboxylic acids is 1. The molecule has 1 saturated heterocycles. The van der Waals surface area contributed by atoms with E-state index in [1.807, 2.05) is 13.8 Å². The van der Waals surface area contributed by atoms with Gasteiger partial charge in [0.15, 0.2) is 0 Å². The lowest BCUT2D eigenvalue weighted by atomic mass is 10.2. The molecule has 7 nitrogen and oxygen atoms in total. The summed E-state index contributed by atoms with van der Waals surface area (Å²) in [5.74, 6) is -0.987. The number of carbonyl (C=O) groups is 2. The molecule has 0 saturated carbocycles. The van der Waals surface area contributed by atoms with Gasteiger partial charge in [-0.1, -0.05) is 6.92 Å². The molecule has 0 aromatic heterocycles. The minimum Gasteiger partial charge on any atom is -0.480 e. The van der Waals surface area contributed by atoms with Gasteiger partial charge in [0.25, 0.3) is 0 Å². The third-order valence-corrected chi connectivity index (χ3v) is 4.03. The number of urea groups is 1. The first-order chi connectivity index (χ1) is 9.96. The van der Waals surface area contributed by atoms with Crippen molar-refractivity contribution in [2.45, 2.75) is 44.9 Å². The maximum Gasteiger partial charge on any atom is 0.326 e. The molecule has 1 aliphatic heterocycles. The molecular formula is C14H26N2O5. The lowest BCUT2D eigenvalue weighted by Gasteiger charge is -2.34. The van der Waals surface area contributed by atoms with Gasteiger partial charge in [-0.25, -0.2) is 9.59 Å². The van der Waals surface area contributed by atoms with Gasteiger partial charge in [-0.15, -0.1) is 0 Å². The Morgan fingerprint density at radius 1 is 1.43 bits per heavy atom. The van der Waals surface area contributed by atoms with Crippen LogP contribution in [0.4, 0.5) is 4.79 Å². The standard InChI is InChI=1S/C14H26N2O5/c1-5-10(2)15(6-7-20-3)14(19)16-9-11(21-4)8-12(16)13(17)18/h10-12H,5-9H2,1-4H3,(H,17,18). The fourth-order valence-corrected chi connectivity index (χ4v) is 2.49. The maximum atomic E-state index is 12.7. The number of nitrogens with zero attached hydrogens (tertiary/aromatic N) is 2. The molecule has 1 heterocycles. The summed E-state index contributed by atoms with van der Waals surface area (Å²) in [4.78, 5) is 27.1. The van der Waals surface area contributed by atoms with E-state index in [0.29, 0.717) is 26.1 Å². The van der Waals surface area contributed by atoms with Crippen molar-refractivity contribution < 1.29 is 24.2 Å². The minimum absolute atomic E-state index is 0.0312. The molecule has 3 unspecified atom stereocenters. The van der Waals surface area contributed by atoms with Gasteiger partial charge in [0, 0.05) is 39.8 Å². The highest BCUT2D eigenvalue weighted by molar-refractivity contribution is 5.83. The van der Waals surface area contributed by atoms with Crippen LogP contribution in [0.3, 0.4) is 0 Å². The van der Waals surface area contributed by atoms with Gasteiger partial charge in [-0.3, -0.25) is 0 Å². The van der Waals surface area contributed by atoms with Crippen molar-refractivity contribution in [3.8, 4) is 0 Å². The third-order valence-electron chi connectivity index (χ3n) is 4.03. The Labute approximate surface area is 125 Å². The average molecular weight is 302 g/mol. The van der Waals surface area contributed by atoms with Crippen molar-refractivity contribution >= 4 is 12.0 Å². The summed E-state index contributed by atoms with van der Waals surface area (Å²) in [5, 5.41) is 9.31. The second-order valence-electron chi connectivity index (χ2n) is 5.33. The fourth-order valence-electron chi connectivity index (χ4n) is 2.49. The van der Waals surface area contributed by atoms with E-state index in [1.54, 1.807) is 12.0 Å². The number of aliphatic carboxylic acids is 1. The molecule has 0 radical (unpaired) electrons. The molecule has 0 aromatic carbocycles. The zero-order chi connectivity index (χ0) is 16.0. The summed E-state index contributed by atoms with van der Waals surface area (Å²) in [6, 6.07) is -1.05. The number of hydrogen-bond donors (Lipinski definition) is 1. The lowest BCUT2D eigenvalue weighted by molar-refractivity contribution is -0.141. The molecule has 0 aliphatic carbocycles. The van der Waals surface area contributed by atoms with Crippen LogP contribution in [-0.4, -0.2) is 79.0 Å². The SMILES string of the molecule is CCC(C)N(CCOC)C(=O)N1CC(OC)CC1C(=O)O. The van der Waals surface area contributed by atoms with E-state index >= 15 is 0 Å². The van der Waals surface area contributed by atoms with Crippen molar-refractivity contribution in [1.82, 2.24) is 9.80 Å². The topological polar surface area (TPSA) is 79.3 Å². The maximum absolute atomic E-state index is 12.7. The first kappa shape index (κ1) is 17.7. The Morgan fingerprint density at radius 3 is 2.57 bits per heavy atom. The second kappa shape index (κ2) is 8.19. The zero-order valence-electron chi connectivity index (χ0n) is 13.2. The molecule has 0 bridgehead atoms. The highest BCUT2D eigenvalue weighted by Gasteiger charge is 2.41. The first-order valence-corrected chi connectivity index (χ1v) is 7.27. The summed E-state index contributed by atoms with van der Waals surface area (Å²) >= 11 is 0. The van der Waals surface area contributed by atoms with Crippen LogP contribution >= 0.6 is 0 Å². The number of amides is 2. The van der Waals surface area contributed by atoms with E-state index in [-0.39, 0.29) is 18.2 Å². The van der Waals surface area contributed by atoms with Crippen molar-refractivity contribution in [2.75, 3.05) is 33.9 Å². The van der Waals surface area contributed by atoms with Crippen molar-refractivity contribution in [2.24, 2.45) is 0 Å². The van der Waals surface area contributed by atoms with Crippen LogP contribution in [0.25, 0.3) is 0 Å². The Kier molecular flexibility index (Phi) is 6.91. The number of ether oxygens (including phenoxy) is 2. The molecule has 0 spiro atoms. The minimum atomic E-state index is -0.987. The van der Waals surface area contributed by atoms with Gasteiger partial charge in [0.2, 0.25) is 0 Å². The number of rotatable bonds is 7. The Bertz CT molecular complexity index is 363. The molecule has 1 aliphatic rings. The van der Waals surface area contributed by atoms with Gasteiger partial charge >= 0.3 is 12.0 Å². The smallest absolute Gasteiger partial charge is 0.326 e. The normalized spacial score (nSPS) is 23.1. The molecular weight excluding hydrogens is 276 g/mol. The quantitative estimate of drug-likeness (QED) is 0.760. The highest BCUT2D eigenvalue weighted by atomic mass is 16.5. The van der Waals surface area contributed by atoms with Gasteiger partial charge in [0.1, 0.15) is 6.04 Å². The van der Waals surface area contributed by atoms with Crippen molar-refractivity contribution in [3.63, 3.8) is 0 Å². The van der Waals surface area contributed by atoms with Crippen molar-refractivity contribution in [1.29, 1.82) is 0 Å². The highest BCUT2D eigenvalue weighted by Crippen LogP contribution is 2.23. The summed E-state index contributed by atoms with van der Waals surface area (Å²) < 4.78 is 10.3. The average Bonchev–Trinajstić information content (AvgIpc) is 2.91. The van der Waals surface area contributed by atoms with Crippen LogP contribution < -0.4 is 0 Å². The molecule has 3 atom stereocenters.